The number of halogens is 1. The van der Waals surface area contributed by atoms with E-state index in [9.17, 15) is 5.11 Å². The van der Waals surface area contributed by atoms with Crippen LogP contribution in [0.15, 0.2) is 42.6 Å². The number of hydrogen-bond acceptors (Lipinski definition) is 3. The smallest absolute Gasteiger partial charge is 0.0957 e. The summed E-state index contributed by atoms with van der Waals surface area (Å²) in [5, 5.41) is 10.5. The number of rotatable bonds is 5. The summed E-state index contributed by atoms with van der Waals surface area (Å²) in [5.41, 5.74) is 2.93. The third kappa shape index (κ3) is 3.74. The van der Waals surface area contributed by atoms with Crippen molar-refractivity contribution in [2.75, 3.05) is 11.9 Å². The topological polar surface area (TPSA) is 36.4 Å². The van der Waals surface area contributed by atoms with Gasteiger partial charge in [0.1, 0.15) is 0 Å². The molecule has 2 atom stereocenters. The molecule has 0 bridgehead atoms. The number of hydrogen-bond donors (Lipinski definition) is 1. The van der Waals surface area contributed by atoms with Crippen LogP contribution in [-0.4, -0.2) is 17.1 Å². The van der Waals surface area contributed by atoms with Gasteiger partial charge in [-0.3, -0.25) is 4.98 Å². The molecule has 112 valence electrons. The first-order valence-corrected chi connectivity index (χ1v) is 7.53. The van der Waals surface area contributed by atoms with E-state index in [-0.39, 0.29) is 6.04 Å². The molecule has 0 aliphatic rings. The summed E-state index contributed by atoms with van der Waals surface area (Å²) >= 11 is 5.93. The van der Waals surface area contributed by atoms with Crippen LogP contribution >= 0.6 is 11.6 Å². The average Bonchev–Trinajstić information content (AvgIpc) is 2.53. The van der Waals surface area contributed by atoms with Gasteiger partial charge in [0, 0.05) is 12.1 Å². The van der Waals surface area contributed by atoms with Crippen LogP contribution in [0.25, 0.3) is 0 Å². The van der Waals surface area contributed by atoms with Crippen molar-refractivity contribution in [1.82, 2.24) is 4.98 Å². The van der Waals surface area contributed by atoms with E-state index in [0.29, 0.717) is 12.1 Å². The maximum absolute atomic E-state index is 9.78. The SMILES string of the molecule is CC[C@@H](O)c1ccc(N(C)C(C)c2ccc(Cl)cc2)cn1. The van der Waals surface area contributed by atoms with E-state index in [1.807, 2.05) is 50.4 Å². The first-order chi connectivity index (χ1) is 10.0. The van der Waals surface area contributed by atoms with Crippen LogP contribution in [0.3, 0.4) is 0 Å². The van der Waals surface area contributed by atoms with Crippen LogP contribution in [0.2, 0.25) is 5.02 Å². The van der Waals surface area contributed by atoms with Crippen molar-refractivity contribution >= 4 is 17.3 Å². The van der Waals surface area contributed by atoms with E-state index < -0.39 is 6.10 Å². The van der Waals surface area contributed by atoms with Gasteiger partial charge in [0.25, 0.3) is 0 Å². The number of aliphatic hydroxyl groups is 1. The standard InChI is InChI=1S/C17H21ClN2O/c1-4-17(21)16-10-9-15(11-19-16)20(3)12(2)13-5-7-14(18)8-6-13/h5-12,17,21H,4H2,1-3H3/t12?,17-/m1/s1. The molecule has 1 unspecified atom stereocenters. The van der Waals surface area contributed by atoms with Gasteiger partial charge in [-0.15, -0.1) is 0 Å². The molecule has 1 N–H and O–H groups in total. The molecule has 0 saturated heterocycles. The molecule has 1 aromatic heterocycles. The molecule has 0 radical (unpaired) electrons. The summed E-state index contributed by atoms with van der Waals surface area (Å²) < 4.78 is 0. The highest BCUT2D eigenvalue weighted by Crippen LogP contribution is 2.26. The van der Waals surface area contributed by atoms with Gasteiger partial charge in [0.05, 0.1) is 29.7 Å². The molecule has 0 aliphatic heterocycles. The highest BCUT2D eigenvalue weighted by Gasteiger charge is 2.13. The quantitative estimate of drug-likeness (QED) is 0.890. The molecule has 2 rings (SSSR count). The number of pyridine rings is 1. The zero-order valence-corrected chi connectivity index (χ0v) is 13.4. The summed E-state index contributed by atoms with van der Waals surface area (Å²) in [6.07, 6.45) is 1.99. The molecule has 0 aliphatic carbocycles. The Kier molecular flexibility index (Phi) is 5.21. The van der Waals surface area contributed by atoms with E-state index in [0.717, 1.165) is 10.7 Å². The zero-order valence-electron chi connectivity index (χ0n) is 12.6. The van der Waals surface area contributed by atoms with Gasteiger partial charge in [-0.05, 0) is 43.2 Å². The Morgan fingerprint density at radius 3 is 2.38 bits per heavy atom. The highest BCUT2D eigenvalue weighted by atomic mass is 35.5. The molecule has 0 fully saturated rings. The van der Waals surface area contributed by atoms with Gasteiger partial charge in [-0.2, -0.15) is 0 Å². The third-order valence-electron chi connectivity index (χ3n) is 3.84. The Balaban J connectivity index is 2.15. The van der Waals surface area contributed by atoms with Crippen molar-refractivity contribution in [2.24, 2.45) is 0 Å². The van der Waals surface area contributed by atoms with Crippen molar-refractivity contribution in [1.29, 1.82) is 0 Å². The Morgan fingerprint density at radius 2 is 1.86 bits per heavy atom. The molecular weight excluding hydrogens is 284 g/mol. The summed E-state index contributed by atoms with van der Waals surface area (Å²) in [7, 11) is 2.03. The molecule has 4 heteroatoms. The van der Waals surface area contributed by atoms with Crippen LogP contribution < -0.4 is 4.90 Å². The van der Waals surface area contributed by atoms with Crippen LogP contribution in [0, 0.1) is 0 Å². The van der Waals surface area contributed by atoms with Crippen LogP contribution in [0.4, 0.5) is 5.69 Å². The van der Waals surface area contributed by atoms with Gasteiger partial charge in [-0.25, -0.2) is 0 Å². The Morgan fingerprint density at radius 1 is 1.19 bits per heavy atom. The lowest BCUT2D eigenvalue weighted by atomic mass is 10.1. The van der Waals surface area contributed by atoms with Crippen molar-refractivity contribution < 1.29 is 5.11 Å². The molecule has 21 heavy (non-hydrogen) atoms. The maximum Gasteiger partial charge on any atom is 0.0957 e. The van der Waals surface area contributed by atoms with Gasteiger partial charge < -0.3 is 10.0 Å². The first-order valence-electron chi connectivity index (χ1n) is 7.15. The van der Waals surface area contributed by atoms with Gasteiger partial charge >= 0.3 is 0 Å². The fraction of sp³-hybridized carbons (Fsp3) is 0.353. The normalized spacial score (nSPS) is 13.8. The van der Waals surface area contributed by atoms with Crippen molar-refractivity contribution in [3.8, 4) is 0 Å². The summed E-state index contributed by atoms with van der Waals surface area (Å²) in [5.74, 6) is 0. The predicted molar refractivity (Wildman–Crippen MR) is 87.8 cm³/mol. The predicted octanol–water partition coefficient (Wildman–Crippen LogP) is 4.38. The second-order valence-electron chi connectivity index (χ2n) is 5.20. The Labute approximate surface area is 131 Å². The number of nitrogens with zero attached hydrogens (tertiary/aromatic N) is 2. The lowest BCUT2D eigenvalue weighted by Crippen LogP contribution is -2.21. The summed E-state index contributed by atoms with van der Waals surface area (Å²) in [6.45, 7) is 4.08. The summed E-state index contributed by atoms with van der Waals surface area (Å²) in [4.78, 5) is 6.50. The van der Waals surface area contributed by atoms with Gasteiger partial charge in [0.2, 0.25) is 0 Å². The molecule has 2 aromatic rings. The highest BCUT2D eigenvalue weighted by molar-refractivity contribution is 6.30. The Hall–Kier alpha value is -1.58. The molecule has 1 aromatic carbocycles. The average molecular weight is 305 g/mol. The molecule has 0 amide bonds. The third-order valence-corrected chi connectivity index (χ3v) is 4.09. The van der Waals surface area contributed by atoms with Crippen LogP contribution in [0.1, 0.15) is 43.7 Å². The van der Waals surface area contributed by atoms with Crippen LogP contribution in [0.5, 0.6) is 0 Å². The van der Waals surface area contributed by atoms with Gasteiger partial charge in [0.15, 0.2) is 0 Å². The molecular formula is C17H21ClN2O. The molecule has 3 nitrogen and oxygen atoms in total. The van der Waals surface area contributed by atoms with Crippen LogP contribution in [-0.2, 0) is 0 Å². The van der Waals surface area contributed by atoms with E-state index in [1.54, 1.807) is 6.20 Å². The van der Waals surface area contributed by atoms with E-state index >= 15 is 0 Å². The van der Waals surface area contributed by atoms with E-state index in [2.05, 4.69) is 16.8 Å². The molecule has 0 spiro atoms. The van der Waals surface area contributed by atoms with E-state index in [1.165, 1.54) is 5.56 Å². The Bertz CT molecular complexity index is 568. The van der Waals surface area contributed by atoms with E-state index in [4.69, 9.17) is 11.6 Å². The maximum atomic E-state index is 9.78. The van der Waals surface area contributed by atoms with Gasteiger partial charge in [-0.1, -0.05) is 30.7 Å². The first kappa shape index (κ1) is 15.8. The number of benzene rings is 1. The molecule has 1 heterocycles. The van der Waals surface area contributed by atoms with Crippen molar-refractivity contribution in [3.63, 3.8) is 0 Å². The minimum atomic E-state index is -0.488. The second kappa shape index (κ2) is 6.92. The lowest BCUT2D eigenvalue weighted by Gasteiger charge is -2.27. The number of aromatic nitrogens is 1. The van der Waals surface area contributed by atoms with Crippen molar-refractivity contribution in [3.05, 3.63) is 58.9 Å². The zero-order chi connectivity index (χ0) is 15.4. The lowest BCUT2D eigenvalue weighted by molar-refractivity contribution is 0.169. The minimum absolute atomic E-state index is 0.214. The number of anilines is 1. The second-order valence-corrected chi connectivity index (χ2v) is 5.64. The van der Waals surface area contributed by atoms with Crippen molar-refractivity contribution in [2.45, 2.75) is 32.4 Å². The largest absolute Gasteiger partial charge is 0.387 e. The molecule has 0 saturated carbocycles. The fourth-order valence-corrected chi connectivity index (χ4v) is 2.33. The fourth-order valence-electron chi connectivity index (χ4n) is 2.20. The minimum Gasteiger partial charge on any atom is -0.387 e. The number of aliphatic hydroxyl groups excluding tert-OH is 1. The summed E-state index contributed by atoms with van der Waals surface area (Å²) in [6, 6.07) is 12.0. The monoisotopic (exact) mass is 304 g/mol.